The molecule has 1 rings (SSSR count). The normalized spacial score (nSPS) is 29.1. The van der Waals surface area contributed by atoms with Gasteiger partial charge in [0.1, 0.15) is 0 Å². The van der Waals surface area contributed by atoms with E-state index in [4.69, 9.17) is 9.47 Å². The lowest BCUT2D eigenvalue weighted by Gasteiger charge is -2.26. The van der Waals surface area contributed by atoms with E-state index in [9.17, 15) is 4.79 Å². The molecule has 0 spiro atoms. The molecule has 0 aromatic rings. The maximum absolute atomic E-state index is 11.9. The summed E-state index contributed by atoms with van der Waals surface area (Å²) in [6, 6.07) is 0. The fraction of sp³-hybridized carbons (Fsp3) is 0.786. The molecule has 0 bridgehead atoms. The monoisotopic (exact) mass is 240 g/mol. The molecule has 1 saturated heterocycles. The number of hydrogen-bond acceptors (Lipinski definition) is 3. The molecule has 1 aliphatic heterocycles. The average molecular weight is 240 g/mol. The van der Waals surface area contributed by atoms with Crippen LogP contribution in [0.4, 0.5) is 0 Å². The fourth-order valence-corrected chi connectivity index (χ4v) is 1.68. The summed E-state index contributed by atoms with van der Waals surface area (Å²) in [5, 5.41) is 0. The molecule has 3 nitrogen and oxygen atoms in total. The molecule has 0 aromatic carbocycles. The Morgan fingerprint density at radius 1 is 1.41 bits per heavy atom. The van der Waals surface area contributed by atoms with Crippen LogP contribution in [0.15, 0.2) is 11.6 Å². The van der Waals surface area contributed by atoms with Gasteiger partial charge in [-0.1, -0.05) is 32.4 Å². The van der Waals surface area contributed by atoms with Crippen LogP contribution < -0.4 is 0 Å². The van der Waals surface area contributed by atoms with E-state index in [1.807, 2.05) is 41.5 Å². The first-order valence-electron chi connectivity index (χ1n) is 6.17. The van der Waals surface area contributed by atoms with Crippen molar-refractivity contribution in [1.29, 1.82) is 0 Å². The van der Waals surface area contributed by atoms with Gasteiger partial charge in [0.25, 0.3) is 0 Å². The molecule has 17 heavy (non-hydrogen) atoms. The first-order valence-corrected chi connectivity index (χ1v) is 6.17. The number of allylic oxidation sites excluding steroid dienone is 2. The fourth-order valence-electron chi connectivity index (χ4n) is 1.68. The van der Waals surface area contributed by atoms with Crippen molar-refractivity contribution < 1.29 is 14.3 Å². The van der Waals surface area contributed by atoms with Gasteiger partial charge in [0.05, 0.1) is 0 Å². The van der Waals surface area contributed by atoms with E-state index in [0.29, 0.717) is 6.42 Å². The van der Waals surface area contributed by atoms with Gasteiger partial charge in [0, 0.05) is 5.41 Å². The largest absolute Gasteiger partial charge is 0.433 e. The van der Waals surface area contributed by atoms with Crippen LogP contribution in [0.2, 0.25) is 0 Å². The van der Waals surface area contributed by atoms with Crippen molar-refractivity contribution in [3.8, 4) is 0 Å². The summed E-state index contributed by atoms with van der Waals surface area (Å²) >= 11 is 0. The van der Waals surface area contributed by atoms with E-state index in [1.165, 1.54) is 5.57 Å². The number of hydrogen-bond donors (Lipinski definition) is 0. The van der Waals surface area contributed by atoms with Gasteiger partial charge in [-0.3, -0.25) is 0 Å². The second-order valence-electron chi connectivity index (χ2n) is 6.27. The number of esters is 1. The molecule has 0 radical (unpaired) electrons. The van der Waals surface area contributed by atoms with E-state index in [0.717, 1.165) is 6.42 Å². The smallest absolute Gasteiger partial charge is 0.340 e. The van der Waals surface area contributed by atoms with Crippen LogP contribution in [0.5, 0.6) is 0 Å². The van der Waals surface area contributed by atoms with E-state index in [-0.39, 0.29) is 11.4 Å². The third-order valence-electron chi connectivity index (χ3n) is 2.89. The van der Waals surface area contributed by atoms with Crippen LogP contribution in [0, 0.1) is 5.41 Å². The van der Waals surface area contributed by atoms with Crippen molar-refractivity contribution in [2.45, 2.75) is 66.3 Å². The van der Waals surface area contributed by atoms with Crippen LogP contribution in [0.1, 0.15) is 54.4 Å². The molecule has 98 valence electrons. The van der Waals surface area contributed by atoms with Crippen molar-refractivity contribution >= 4 is 5.97 Å². The van der Waals surface area contributed by atoms with Gasteiger partial charge in [-0.25, -0.2) is 4.79 Å². The molecule has 0 unspecified atom stereocenters. The maximum atomic E-state index is 11.9. The SMILES string of the molecule is CC(C)=CCC[C@]1(C)O[C@@H](C(C)(C)C)OC1=O. The van der Waals surface area contributed by atoms with E-state index < -0.39 is 11.9 Å². The second kappa shape index (κ2) is 4.81. The third kappa shape index (κ3) is 3.56. The summed E-state index contributed by atoms with van der Waals surface area (Å²) in [5.74, 6) is -0.236. The number of ether oxygens (including phenoxy) is 2. The predicted molar refractivity (Wildman–Crippen MR) is 67.5 cm³/mol. The van der Waals surface area contributed by atoms with Gasteiger partial charge in [0.2, 0.25) is 6.29 Å². The third-order valence-corrected chi connectivity index (χ3v) is 2.89. The number of carbonyl (C=O) groups is 1. The predicted octanol–water partition coefficient (Wildman–Crippen LogP) is 3.44. The van der Waals surface area contributed by atoms with Gasteiger partial charge >= 0.3 is 5.97 Å². The van der Waals surface area contributed by atoms with Crippen LogP contribution >= 0.6 is 0 Å². The van der Waals surface area contributed by atoms with Crippen LogP contribution in [0.3, 0.4) is 0 Å². The molecule has 0 N–H and O–H groups in total. The molecular weight excluding hydrogens is 216 g/mol. The molecule has 0 aromatic heterocycles. The zero-order chi connectivity index (χ0) is 13.3. The number of rotatable bonds is 3. The van der Waals surface area contributed by atoms with Crippen LogP contribution in [-0.2, 0) is 14.3 Å². The maximum Gasteiger partial charge on any atom is 0.340 e. The quantitative estimate of drug-likeness (QED) is 0.560. The van der Waals surface area contributed by atoms with Crippen molar-refractivity contribution in [2.75, 3.05) is 0 Å². The molecule has 1 fully saturated rings. The molecule has 1 aliphatic rings. The number of cyclic esters (lactones) is 1. The van der Waals surface area contributed by atoms with E-state index in [2.05, 4.69) is 6.08 Å². The molecular formula is C14H24O3. The van der Waals surface area contributed by atoms with Gasteiger partial charge < -0.3 is 9.47 Å². The summed E-state index contributed by atoms with van der Waals surface area (Å²) in [4.78, 5) is 11.9. The van der Waals surface area contributed by atoms with Crippen molar-refractivity contribution in [1.82, 2.24) is 0 Å². The van der Waals surface area contributed by atoms with Crippen LogP contribution in [-0.4, -0.2) is 17.9 Å². The van der Waals surface area contributed by atoms with Gasteiger partial charge in [-0.15, -0.1) is 0 Å². The van der Waals surface area contributed by atoms with Gasteiger partial charge in [-0.2, -0.15) is 0 Å². The number of carbonyl (C=O) groups excluding carboxylic acids is 1. The Labute approximate surface area is 104 Å². The molecule has 3 heteroatoms. The zero-order valence-corrected chi connectivity index (χ0v) is 11.8. The molecule has 0 amide bonds. The Balaban J connectivity index is 2.65. The van der Waals surface area contributed by atoms with E-state index >= 15 is 0 Å². The lowest BCUT2D eigenvalue weighted by atomic mass is 9.95. The van der Waals surface area contributed by atoms with Gasteiger partial charge in [-0.05, 0) is 33.6 Å². The van der Waals surface area contributed by atoms with Gasteiger partial charge in [0.15, 0.2) is 5.60 Å². The highest BCUT2D eigenvalue weighted by molar-refractivity contribution is 5.80. The van der Waals surface area contributed by atoms with Crippen LogP contribution in [0.25, 0.3) is 0 Å². The first-order chi connectivity index (χ1) is 7.65. The minimum Gasteiger partial charge on any atom is -0.433 e. The summed E-state index contributed by atoms with van der Waals surface area (Å²) < 4.78 is 11.1. The Morgan fingerprint density at radius 3 is 2.41 bits per heavy atom. The minimum absolute atomic E-state index is 0.177. The highest BCUT2D eigenvalue weighted by atomic mass is 16.8. The highest BCUT2D eigenvalue weighted by Crippen LogP contribution is 2.37. The summed E-state index contributed by atoms with van der Waals surface area (Å²) in [5.41, 5.74) is 0.292. The molecule has 0 aliphatic carbocycles. The Hall–Kier alpha value is -0.830. The second-order valence-corrected chi connectivity index (χ2v) is 6.27. The summed E-state index contributed by atoms with van der Waals surface area (Å²) in [6.07, 6.45) is 3.19. The molecule has 0 saturated carbocycles. The van der Waals surface area contributed by atoms with Crippen molar-refractivity contribution in [3.05, 3.63) is 11.6 Å². The lowest BCUT2D eigenvalue weighted by molar-refractivity contribution is -0.155. The summed E-state index contributed by atoms with van der Waals surface area (Å²) in [7, 11) is 0. The molecule has 1 heterocycles. The standard InChI is InChI=1S/C14H24O3/c1-10(2)8-7-9-14(6)11(15)16-12(17-14)13(3,4)5/h8,12H,7,9H2,1-6H3/t12-,14-/m0/s1. The average Bonchev–Trinajstić information content (AvgIpc) is 2.42. The van der Waals surface area contributed by atoms with E-state index in [1.54, 1.807) is 0 Å². The Kier molecular flexibility index (Phi) is 4.03. The molecule has 2 atom stereocenters. The first kappa shape index (κ1) is 14.2. The zero-order valence-electron chi connectivity index (χ0n) is 11.8. The minimum atomic E-state index is -0.788. The summed E-state index contributed by atoms with van der Waals surface area (Å²) in [6.45, 7) is 11.9. The lowest BCUT2D eigenvalue weighted by Crippen LogP contribution is -2.34. The topological polar surface area (TPSA) is 35.5 Å². The Bertz CT molecular complexity index is 321. The highest BCUT2D eigenvalue weighted by Gasteiger charge is 2.49. The van der Waals surface area contributed by atoms with Crippen molar-refractivity contribution in [2.24, 2.45) is 5.41 Å². The Morgan fingerprint density at radius 2 is 2.00 bits per heavy atom. The van der Waals surface area contributed by atoms with Crippen molar-refractivity contribution in [3.63, 3.8) is 0 Å².